The molecule has 6 heteroatoms. The summed E-state index contributed by atoms with van der Waals surface area (Å²) in [6, 6.07) is 15.3. The number of ether oxygens (including phenoxy) is 2. The van der Waals surface area contributed by atoms with Gasteiger partial charge in [0.25, 0.3) is 0 Å². The van der Waals surface area contributed by atoms with Crippen molar-refractivity contribution < 1.29 is 14.6 Å². The van der Waals surface area contributed by atoms with Crippen molar-refractivity contribution in [2.75, 3.05) is 13.2 Å². The van der Waals surface area contributed by atoms with E-state index in [0.29, 0.717) is 11.6 Å². The second-order valence-corrected chi connectivity index (χ2v) is 6.04. The Balaban J connectivity index is 1.45. The summed E-state index contributed by atoms with van der Waals surface area (Å²) in [5.74, 6) is 2.09. The number of aliphatic hydroxyl groups excluding tert-OH is 1. The number of hydrogen-bond acceptors (Lipinski definition) is 5. The average molecular weight is 353 g/mol. The highest BCUT2D eigenvalue weighted by Gasteiger charge is 2.08. The van der Waals surface area contributed by atoms with Gasteiger partial charge in [0, 0.05) is 12.6 Å². The van der Waals surface area contributed by atoms with E-state index in [1.54, 1.807) is 11.0 Å². The van der Waals surface area contributed by atoms with E-state index in [1.165, 1.54) is 5.56 Å². The lowest BCUT2D eigenvalue weighted by atomic mass is 10.2. The van der Waals surface area contributed by atoms with Crippen LogP contribution in [0, 0.1) is 0 Å². The number of rotatable bonds is 8. The lowest BCUT2D eigenvalue weighted by Gasteiger charge is -2.14. The van der Waals surface area contributed by atoms with Crippen molar-refractivity contribution in [2.24, 2.45) is 7.05 Å². The Morgan fingerprint density at radius 1 is 0.962 bits per heavy atom. The lowest BCUT2D eigenvalue weighted by molar-refractivity contribution is 0.0626. The van der Waals surface area contributed by atoms with Crippen LogP contribution < -0.4 is 9.47 Å². The van der Waals surface area contributed by atoms with Gasteiger partial charge in [-0.05, 0) is 48.4 Å². The fraction of sp³-hybridized carbons (Fsp3) is 0.300. The summed E-state index contributed by atoms with van der Waals surface area (Å²) in [6.45, 7) is 2.45. The quantitative estimate of drug-likeness (QED) is 0.674. The van der Waals surface area contributed by atoms with Gasteiger partial charge < -0.3 is 14.6 Å². The Kier molecular flexibility index (Phi) is 5.86. The molecule has 0 spiro atoms. The predicted molar refractivity (Wildman–Crippen MR) is 99.3 cm³/mol. The summed E-state index contributed by atoms with van der Waals surface area (Å²) in [4.78, 5) is 4.21. The molecule has 0 saturated carbocycles. The number of aromatic nitrogens is 3. The molecule has 0 aliphatic heterocycles. The number of benzene rings is 2. The van der Waals surface area contributed by atoms with Crippen LogP contribution in [-0.4, -0.2) is 39.2 Å². The molecule has 0 saturated heterocycles. The van der Waals surface area contributed by atoms with Gasteiger partial charge >= 0.3 is 0 Å². The number of aliphatic hydroxyl groups is 1. The maximum absolute atomic E-state index is 10.0. The summed E-state index contributed by atoms with van der Waals surface area (Å²) < 4.78 is 12.9. The van der Waals surface area contributed by atoms with E-state index in [-0.39, 0.29) is 13.2 Å². The van der Waals surface area contributed by atoms with Crippen LogP contribution >= 0.6 is 0 Å². The zero-order valence-electron chi connectivity index (χ0n) is 15.0. The zero-order valence-corrected chi connectivity index (χ0v) is 15.0. The minimum atomic E-state index is -0.710. The fourth-order valence-electron chi connectivity index (χ4n) is 2.43. The first-order chi connectivity index (χ1) is 12.6. The Morgan fingerprint density at radius 3 is 2.04 bits per heavy atom. The average Bonchev–Trinajstić information content (AvgIpc) is 3.12. The monoisotopic (exact) mass is 353 g/mol. The van der Waals surface area contributed by atoms with Crippen LogP contribution in [0.1, 0.15) is 12.5 Å². The molecule has 0 aliphatic rings. The molecule has 1 N–H and O–H groups in total. The zero-order chi connectivity index (χ0) is 18.4. The van der Waals surface area contributed by atoms with Crippen LogP contribution in [0.4, 0.5) is 0 Å². The highest BCUT2D eigenvalue weighted by Crippen LogP contribution is 2.19. The van der Waals surface area contributed by atoms with E-state index in [2.05, 4.69) is 17.0 Å². The van der Waals surface area contributed by atoms with Crippen molar-refractivity contribution in [3.8, 4) is 22.9 Å². The third kappa shape index (κ3) is 4.83. The third-order valence-corrected chi connectivity index (χ3v) is 3.93. The topological polar surface area (TPSA) is 69.4 Å². The number of nitrogens with zero attached hydrogens (tertiary/aromatic N) is 3. The van der Waals surface area contributed by atoms with E-state index in [0.717, 1.165) is 17.7 Å². The molecule has 0 fully saturated rings. The Morgan fingerprint density at radius 2 is 1.54 bits per heavy atom. The number of aryl methyl sites for hydroxylation is 2. The molecule has 0 amide bonds. The normalized spacial score (nSPS) is 12.0. The first-order valence-electron chi connectivity index (χ1n) is 8.62. The fourth-order valence-corrected chi connectivity index (χ4v) is 2.43. The molecular formula is C20H23N3O3. The lowest BCUT2D eigenvalue weighted by Crippen LogP contribution is -2.25. The first kappa shape index (κ1) is 17.9. The molecule has 1 aromatic heterocycles. The van der Waals surface area contributed by atoms with E-state index in [1.807, 2.05) is 55.6 Å². The molecule has 1 unspecified atom stereocenters. The molecule has 0 aliphatic carbocycles. The highest BCUT2D eigenvalue weighted by molar-refractivity contribution is 5.55. The van der Waals surface area contributed by atoms with Gasteiger partial charge in [-0.15, -0.1) is 0 Å². The van der Waals surface area contributed by atoms with Gasteiger partial charge in [0.1, 0.15) is 37.1 Å². The summed E-state index contributed by atoms with van der Waals surface area (Å²) in [5, 5.41) is 14.3. The van der Waals surface area contributed by atoms with Gasteiger partial charge in [-0.3, -0.25) is 4.68 Å². The van der Waals surface area contributed by atoms with E-state index in [9.17, 15) is 5.11 Å². The predicted octanol–water partition coefficient (Wildman–Crippen LogP) is 2.86. The summed E-state index contributed by atoms with van der Waals surface area (Å²) in [5.41, 5.74) is 2.17. The maximum atomic E-state index is 10.0. The van der Waals surface area contributed by atoms with E-state index < -0.39 is 6.10 Å². The molecule has 3 aromatic rings. The maximum Gasteiger partial charge on any atom is 0.181 e. The van der Waals surface area contributed by atoms with Crippen molar-refractivity contribution >= 4 is 0 Å². The minimum Gasteiger partial charge on any atom is -0.491 e. The molecular weight excluding hydrogens is 330 g/mol. The van der Waals surface area contributed by atoms with E-state index in [4.69, 9.17) is 9.47 Å². The molecule has 6 nitrogen and oxygen atoms in total. The Bertz CT molecular complexity index is 813. The second-order valence-electron chi connectivity index (χ2n) is 6.04. The van der Waals surface area contributed by atoms with Crippen LogP contribution in [0.2, 0.25) is 0 Å². The molecule has 2 aromatic carbocycles. The molecule has 0 radical (unpaired) electrons. The van der Waals surface area contributed by atoms with Crippen LogP contribution in [0.15, 0.2) is 54.9 Å². The molecule has 26 heavy (non-hydrogen) atoms. The molecule has 1 atom stereocenters. The van der Waals surface area contributed by atoms with E-state index >= 15 is 0 Å². The SMILES string of the molecule is CCc1ccc(OCC(O)COc2ccc(-c3ncn(C)n3)cc2)cc1. The first-order valence-corrected chi connectivity index (χ1v) is 8.62. The summed E-state index contributed by atoms with van der Waals surface area (Å²) >= 11 is 0. The van der Waals surface area contributed by atoms with Crippen molar-refractivity contribution in [2.45, 2.75) is 19.4 Å². The van der Waals surface area contributed by atoms with Crippen LogP contribution in [-0.2, 0) is 13.5 Å². The van der Waals surface area contributed by atoms with Crippen LogP contribution in [0.3, 0.4) is 0 Å². The standard InChI is InChI=1S/C20H23N3O3/c1-3-15-4-8-18(9-5-15)25-12-17(24)13-26-19-10-6-16(7-11-19)20-21-14-23(2)22-20/h4-11,14,17,24H,3,12-13H2,1-2H3. The van der Waals surface area contributed by atoms with Gasteiger partial charge in [-0.1, -0.05) is 19.1 Å². The van der Waals surface area contributed by atoms with Crippen molar-refractivity contribution in [1.82, 2.24) is 14.8 Å². The van der Waals surface area contributed by atoms with Crippen LogP contribution in [0.5, 0.6) is 11.5 Å². The third-order valence-electron chi connectivity index (χ3n) is 3.93. The Labute approximate surface area is 153 Å². The minimum absolute atomic E-state index is 0.161. The van der Waals surface area contributed by atoms with Gasteiger partial charge in [-0.25, -0.2) is 4.98 Å². The molecule has 1 heterocycles. The largest absolute Gasteiger partial charge is 0.491 e. The molecule has 136 valence electrons. The number of hydrogen-bond donors (Lipinski definition) is 1. The van der Waals surface area contributed by atoms with Gasteiger partial charge in [0.2, 0.25) is 0 Å². The summed E-state index contributed by atoms with van der Waals surface area (Å²) in [6.07, 6.45) is 1.94. The van der Waals surface area contributed by atoms with Crippen molar-refractivity contribution in [3.05, 3.63) is 60.4 Å². The molecule has 0 bridgehead atoms. The Hall–Kier alpha value is -2.86. The van der Waals surface area contributed by atoms with Crippen LogP contribution in [0.25, 0.3) is 11.4 Å². The van der Waals surface area contributed by atoms with Gasteiger partial charge in [-0.2, -0.15) is 5.10 Å². The van der Waals surface area contributed by atoms with Gasteiger partial charge in [0.05, 0.1) is 0 Å². The molecule has 3 rings (SSSR count). The second kappa shape index (κ2) is 8.49. The van der Waals surface area contributed by atoms with Crippen molar-refractivity contribution in [1.29, 1.82) is 0 Å². The van der Waals surface area contributed by atoms with Crippen molar-refractivity contribution in [3.63, 3.8) is 0 Å². The highest BCUT2D eigenvalue weighted by atomic mass is 16.5. The van der Waals surface area contributed by atoms with Gasteiger partial charge in [0.15, 0.2) is 5.82 Å². The smallest absolute Gasteiger partial charge is 0.181 e. The summed E-state index contributed by atoms with van der Waals surface area (Å²) in [7, 11) is 1.83.